The van der Waals surface area contributed by atoms with Gasteiger partial charge in [0.2, 0.25) is 11.0 Å². The Morgan fingerprint density at radius 1 is 1.18 bits per heavy atom. The molecular weight excluding hydrogens is 394 g/mol. The summed E-state index contributed by atoms with van der Waals surface area (Å²) in [6, 6.07) is -0.476. The van der Waals surface area contributed by atoms with Gasteiger partial charge in [0.1, 0.15) is 6.04 Å². The molecule has 0 bridgehead atoms. The van der Waals surface area contributed by atoms with E-state index >= 15 is 0 Å². The summed E-state index contributed by atoms with van der Waals surface area (Å²) in [5.74, 6) is -0.127. The number of nitrogens with zero attached hydrogens (tertiary/aromatic N) is 1. The Kier molecular flexibility index (Phi) is 7.93. The average molecular weight is 430 g/mol. The fourth-order valence-electron chi connectivity index (χ4n) is 3.93. The highest BCUT2D eigenvalue weighted by atomic mass is 32.2. The lowest BCUT2D eigenvalue weighted by Crippen LogP contribution is -2.62. The smallest absolute Gasteiger partial charge is 0.307 e. The number of hydrogen-bond donors (Lipinski definition) is 0. The second-order valence-corrected chi connectivity index (χ2v) is 12.1. The predicted octanol–water partition coefficient (Wildman–Crippen LogP) is 4.97. The van der Waals surface area contributed by atoms with Gasteiger partial charge in [-0.2, -0.15) is 0 Å². The van der Waals surface area contributed by atoms with Gasteiger partial charge < -0.3 is 9.64 Å². The maximum atomic E-state index is 13.1. The van der Waals surface area contributed by atoms with Crippen LogP contribution in [0.4, 0.5) is 0 Å². The molecule has 28 heavy (non-hydrogen) atoms. The Labute approximate surface area is 178 Å². The number of esters is 1. The van der Waals surface area contributed by atoms with Crippen molar-refractivity contribution >= 4 is 40.5 Å². The number of unbranched alkanes of at least 4 members (excludes halogenated alkanes) is 3. The van der Waals surface area contributed by atoms with Crippen molar-refractivity contribution in [3.05, 3.63) is 0 Å². The normalized spacial score (nSPS) is 26.0. The molecule has 0 aromatic rings. The molecule has 0 aromatic heterocycles. The average Bonchev–Trinajstić information content (AvgIpc) is 2.82. The molecule has 2 aliphatic heterocycles. The first-order chi connectivity index (χ1) is 13.0. The number of amides is 1. The lowest BCUT2D eigenvalue weighted by molar-refractivity contribution is -0.156. The van der Waals surface area contributed by atoms with Crippen LogP contribution in [0.1, 0.15) is 86.5 Å². The van der Waals surface area contributed by atoms with E-state index in [1.54, 1.807) is 30.5 Å². The van der Waals surface area contributed by atoms with Crippen molar-refractivity contribution in [2.45, 2.75) is 108 Å². The molecular formula is C21H35NO4S2. The van der Waals surface area contributed by atoms with E-state index in [-0.39, 0.29) is 33.0 Å². The molecule has 2 heterocycles. The standard InChI is InChI=1S/C21H35NO4S2/c1-7-9-11-13-15(23)26-21(5,6)28-19(25)16-20(3,4)27-18-14(12-10-8-2)17(24)22(16)18/h14,16,18H,7-13H2,1-6H3/t14-,16+,18-/m1/s1. The van der Waals surface area contributed by atoms with Crippen molar-refractivity contribution in [1.29, 1.82) is 0 Å². The van der Waals surface area contributed by atoms with Crippen LogP contribution in [0.5, 0.6) is 0 Å². The van der Waals surface area contributed by atoms with E-state index in [4.69, 9.17) is 4.74 Å². The third kappa shape index (κ3) is 5.26. The highest BCUT2D eigenvalue weighted by Crippen LogP contribution is 2.55. The van der Waals surface area contributed by atoms with Gasteiger partial charge >= 0.3 is 5.97 Å². The van der Waals surface area contributed by atoms with Crippen molar-refractivity contribution in [2.75, 3.05) is 0 Å². The van der Waals surface area contributed by atoms with E-state index in [9.17, 15) is 14.4 Å². The molecule has 0 aromatic carbocycles. The summed E-state index contributed by atoms with van der Waals surface area (Å²) >= 11 is 2.77. The fraction of sp³-hybridized carbons (Fsp3) is 0.857. The van der Waals surface area contributed by atoms with Gasteiger partial charge in [-0.05, 0) is 52.3 Å². The van der Waals surface area contributed by atoms with Crippen LogP contribution in [-0.2, 0) is 19.1 Å². The van der Waals surface area contributed by atoms with E-state index in [2.05, 4.69) is 13.8 Å². The van der Waals surface area contributed by atoms with Crippen LogP contribution in [0.25, 0.3) is 0 Å². The summed E-state index contributed by atoms with van der Waals surface area (Å²) in [4.78, 5) is 38.8. The fourth-order valence-corrected chi connectivity index (χ4v) is 6.87. The summed E-state index contributed by atoms with van der Waals surface area (Å²) < 4.78 is 5.22. The van der Waals surface area contributed by atoms with Crippen LogP contribution in [0.3, 0.4) is 0 Å². The molecule has 5 nitrogen and oxygen atoms in total. The van der Waals surface area contributed by atoms with Crippen molar-refractivity contribution in [3.8, 4) is 0 Å². The highest BCUT2D eigenvalue weighted by molar-refractivity contribution is 8.15. The third-order valence-corrected chi connectivity index (χ3v) is 7.96. The monoisotopic (exact) mass is 429 g/mol. The molecule has 0 spiro atoms. The molecule has 2 rings (SSSR count). The second-order valence-electron chi connectivity index (χ2n) is 8.76. The van der Waals surface area contributed by atoms with Gasteiger partial charge in [-0.3, -0.25) is 14.4 Å². The van der Waals surface area contributed by atoms with E-state index in [0.29, 0.717) is 6.42 Å². The number of carbonyl (C=O) groups is 3. The molecule has 2 saturated heterocycles. The Morgan fingerprint density at radius 2 is 1.82 bits per heavy atom. The lowest BCUT2D eigenvalue weighted by atomic mass is 9.89. The third-order valence-electron chi connectivity index (χ3n) is 5.33. The first kappa shape index (κ1) is 23.6. The first-order valence-electron chi connectivity index (χ1n) is 10.5. The van der Waals surface area contributed by atoms with Crippen LogP contribution in [-0.4, -0.2) is 43.0 Å². The quantitative estimate of drug-likeness (QED) is 0.211. The molecule has 2 fully saturated rings. The van der Waals surface area contributed by atoms with Gasteiger partial charge in [0.25, 0.3) is 0 Å². The molecule has 0 N–H and O–H groups in total. The zero-order valence-corrected chi connectivity index (χ0v) is 19.7. The number of rotatable bonds is 10. The molecule has 0 radical (unpaired) electrons. The van der Waals surface area contributed by atoms with Crippen molar-refractivity contribution in [1.82, 2.24) is 4.90 Å². The van der Waals surface area contributed by atoms with Crippen LogP contribution in [0, 0.1) is 5.92 Å². The van der Waals surface area contributed by atoms with Gasteiger partial charge in [0, 0.05) is 11.2 Å². The Bertz CT molecular complexity index is 605. The number of β-lactam (4-membered cyclic amide) rings is 1. The van der Waals surface area contributed by atoms with Crippen molar-refractivity contribution < 1.29 is 19.1 Å². The maximum absolute atomic E-state index is 13.1. The summed E-state index contributed by atoms with van der Waals surface area (Å²) in [7, 11) is 0. The van der Waals surface area contributed by atoms with Crippen LogP contribution in [0.15, 0.2) is 0 Å². The largest absolute Gasteiger partial charge is 0.448 e. The summed E-state index contributed by atoms with van der Waals surface area (Å²) in [5, 5.41) is 0.0111. The number of carbonyl (C=O) groups excluding carboxylic acids is 3. The molecule has 2 aliphatic rings. The predicted molar refractivity (Wildman–Crippen MR) is 116 cm³/mol. The topological polar surface area (TPSA) is 63.7 Å². The van der Waals surface area contributed by atoms with Crippen LogP contribution < -0.4 is 0 Å². The molecule has 1 amide bonds. The van der Waals surface area contributed by atoms with Gasteiger partial charge in [-0.25, -0.2) is 0 Å². The van der Waals surface area contributed by atoms with Gasteiger partial charge in [0.05, 0.1) is 11.3 Å². The summed E-state index contributed by atoms with van der Waals surface area (Å²) in [6.45, 7) is 11.8. The zero-order chi connectivity index (χ0) is 21.1. The molecule has 0 unspecified atom stereocenters. The van der Waals surface area contributed by atoms with Gasteiger partial charge in [0.15, 0.2) is 4.93 Å². The molecule has 0 saturated carbocycles. The van der Waals surface area contributed by atoms with E-state index in [1.165, 1.54) is 0 Å². The summed E-state index contributed by atoms with van der Waals surface area (Å²) in [6.07, 6.45) is 6.22. The Balaban J connectivity index is 1.99. The Hall–Kier alpha value is -0.690. The molecule has 160 valence electrons. The molecule has 3 atom stereocenters. The molecule has 0 aliphatic carbocycles. The van der Waals surface area contributed by atoms with Crippen molar-refractivity contribution in [2.24, 2.45) is 5.92 Å². The lowest BCUT2D eigenvalue weighted by Gasteiger charge is -2.44. The zero-order valence-electron chi connectivity index (χ0n) is 18.1. The Morgan fingerprint density at radius 3 is 2.43 bits per heavy atom. The van der Waals surface area contributed by atoms with E-state index in [1.807, 2.05) is 13.8 Å². The van der Waals surface area contributed by atoms with E-state index in [0.717, 1.165) is 50.3 Å². The summed E-state index contributed by atoms with van der Waals surface area (Å²) in [5.41, 5.74) is 0. The minimum absolute atomic E-state index is 0.0384. The first-order valence-corrected chi connectivity index (χ1v) is 12.2. The van der Waals surface area contributed by atoms with Crippen LogP contribution >= 0.6 is 23.5 Å². The van der Waals surface area contributed by atoms with Gasteiger partial charge in [-0.1, -0.05) is 39.5 Å². The number of fused-ring (bicyclic) bond motifs is 1. The maximum Gasteiger partial charge on any atom is 0.307 e. The van der Waals surface area contributed by atoms with Crippen molar-refractivity contribution in [3.63, 3.8) is 0 Å². The SMILES string of the molecule is CCCCCC(=O)OC(C)(C)SC(=O)[C@@H]1N2C(=O)[C@@H](CCCC)[C@H]2SC1(C)C. The van der Waals surface area contributed by atoms with Crippen LogP contribution in [0.2, 0.25) is 0 Å². The highest BCUT2D eigenvalue weighted by Gasteiger charge is 2.63. The number of thioether (sulfide) groups is 2. The minimum atomic E-state index is -0.936. The van der Waals surface area contributed by atoms with Gasteiger partial charge in [-0.15, -0.1) is 11.8 Å². The van der Waals surface area contributed by atoms with E-state index < -0.39 is 11.0 Å². The second kappa shape index (κ2) is 9.41. The number of hydrogen-bond acceptors (Lipinski definition) is 6. The minimum Gasteiger partial charge on any atom is -0.448 e. The molecule has 7 heteroatoms. The number of ether oxygens (including phenoxy) is 1.